The molecule has 4 nitrogen and oxygen atoms in total. The van der Waals surface area contributed by atoms with Gasteiger partial charge in [0.15, 0.2) is 0 Å². The van der Waals surface area contributed by atoms with Gasteiger partial charge in [-0.3, -0.25) is 4.79 Å². The number of imidazole rings is 1. The monoisotopic (exact) mass is 275 g/mol. The Bertz CT molecular complexity index is 610. The van der Waals surface area contributed by atoms with Crippen LogP contribution < -0.4 is 0 Å². The van der Waals surface area contributed by atoms with Crippen molar-refractivity contribution in [3.63, 3.8) is 0 Å². The van der Waals surface area contributed by atoms with E-state index in [4.69, 9.17) is 0 Å². The van der Waals surface area contributed by atoms with Crippen LogP contribution in [0.3, 0.4) is 0 Å². The number of benzene rings is 1. The van der Waals surface area contributed by atoms with Gasteiger partial charge in [0.25, 0.3) is 5.91 Å². The number of aromatic amines is 1. The Morgan fingerprint density at radius 1 is 1.47 bits per heavy atom. The van der Waals surface area contributed by atoms with Crippen LogP contribution in [0, 0.1) is 0 Å². The van der Waals surface area contributed by atoms with Crippen LogP contribution in [0.5, 0.6) is 0 Å². The minimum Gasteiger partial charge on any atom is -0.345 e. The Balaban J connectivity index is 1.90. The van der Waals surface area contributed by atoms with Crippen molar-refractivity contribution < 1.29 is 4.79 Å². The van der Waals surface area contributed by atoms with Crippen LogP contribution in [-0.4, -0.2) is 44.4 Å². The van der Waals surface area contributed by atoms with E-state index in [0.29, 0.717) is 5.25 Å². The third kappa shape index (κ3) is 2.23. The smallest absolute Gasteiger partial charge is 0.254 e. The van der Waals surface area contributed by atoms with Gasteiger partial charge in [-0.25, -0.2) is 4.98 Å². The highest BCUT2D eigenvalue weighted by molar-refractivity contribution is 8.00. The standard InChI is InChI=1S/C14H17N3OS/c1-9-10(2)19-6-5-17(9)14(18)11-3-4-12-13(7-11)16-8-15-12/h3-4,7-10H,5-6H2,1-2H3,(H,15,16). The summed E-state index contributed by atoms with van der Waals surface area (Å²) in [5.41, 5.74) is 2.55. The molecule has 3 rings (SSSR count). The molecule has 0 bridgehead atoms. The number of nitrogens with one attached hydrogen (secondary N) is 1. The number of rotatable bonds is 1. The quantitative estimate of drug-likeness (QED) is 0.870. The summed E-state index contributed by atoms with van der Waals surface area (Å²) in [6.07, 6.45) is 1.65. The van der Waals surface area contributed by atoms with Crippen molar-refractivity contribution >= 4 is 28.7 Å². The van der Waals surface area contributed by atoms with Gasteiger partial charge in [-0.05, 0) is 25.1 Å². The highest BCUT2D eigenvalue weighted by Gasteiger charge is 2.29. The molecule has 1 fully saturated rings. The predicted molar refractivity (Wildman–Crippen MR) is 78.5 cm³/mol. The van der Waals surface area contributed by atoms with Gasteiger partial charge in [0.05, 0.1) is 17.4 Å². The van der Waals surface area contributed by atoms with E-state index >= 15 is 0 Å². The molecule has 0 radical (unpaired) electrons. The van der Waals surface area contributed by atoms with E-state index < -0.39 is 0 Å². The van der Waals surface area contributed by atoms with Crippen molar-refractivity contribution in [2.75, 3.05) is 12.3 Å². The molecule has 1 aromatic heterocycles. The zero-order chi connectivity index (χ0) is 13.4. The second kappa shape index (κ2) is 4.89. The Kier molecular flexibility index (Phi) is 3.22. The molecule has 1 aromatic carbocycles. The molecule has 2 heterocycles. The lowest BCUT2D eigenvalue weighted by Gasteiger charge is -2.37. The van der Waals surface area contributed by atoms with Crippen molar-refractivity contribution in [1.29, 1.82) is 0 Å². The lowest BCUT2D eigenvalue weighted by Crippen LogP contribution is -2.47. The molecule has 19 heavy (non-hydrogen) atoms. The number of hydrogen-bond donors (Lipinski definition) is 1. The van der Waals surface area contributed by atoms with Gasteiger partial charge in [0, 0.05) is 29.2 Å². The lowest BCUT2D eigenvalue weighted by molar-refractivity contribution is 0.0698. The highest BCUT2D eigenvalue weighted by atomic mass is 32.2. The van der Waals surface area contributed by atoms with Crippen LogP contribution in [0.4, 0.5) is 0 Å². The lowest BCUT2D eigenvalue weighted by atomic mass is 10.1. The van der Waals surface area contributed by atoms with E-state index in [1.165, 1.54) is 0 Å². The van der Waals surface area contributed by atoms with Crippen LogP contribution in [0.15, 0.2) is 24.5 Å². The molecule has 0 spiro atoms. The summed E-state index contributed by atoms with van der Waals surface area (Å²) in [6, 6.07) is 5.93. The predicted octanol–water partition coefficient (Wildman–Crippen LogP) is 2.53. The summed E-state index contributed by atoms with van der Waals surface area (Å²) < 4.78 is 0. The van der Waals surface area contributed by atoms with Crippen molar-refractivity contribution in [3.8, 4) is 0 Å². The fourth-order valence-corrected chi connectivity index (χ4v) is 3.55. The Morgan fingerprint density at radius 2 is 2.32 bits per heavy atom. The van der Waals surface area contributed by atoms with E-state index in [1.54, 1.807) is 6.33 Å². The Morgan fingerprint density at radius 3 is 3.16 bits per heavy atom. The van der Waals surface area contributed by atoms with E-state index in [2.05, 4.69) is 23.8 Å². The number of nitrogens with zero attached hydrogens (tertiary/aromatic N) is 2. The number of carbonyl (C=O) groups is 1. The second-order valence-corrected chi connectivity index (χ2v) is 6.43. The summed E-state index contributed by atoms with van der Waals surface area (Å²) in [4.78, 5) is 21.8. The molecular weight excluding hydrogens is 258 g/mol. The van der Waals surface area contributed by atoms with E-state index in [-0.39, 0.29) is 11.9 Å². The fourth-order valence-electron chi connectivity index (χ4n) is 2.45. The van der Waals surface area contributed by atoms with Crippen molar-refractivity contribution in [3.05, 3.63) is 30.1 Å². The minimum atomic E-state index is 0.121. The number of aromatic nitrogens is 2. The summed E-state index contributed by atoms with van der Waals surface area (Å²) in [6.45, 7) is 5.15. The third-order valence-electron chi connectivity index (χ3n) is 3.81. The SMILES string of the molecule is CC1SCCN(C(=O)c2ccc3nc[nH]c3c2)C1C. The molecule has 1 aliphatic heterocycles. The third-order valence-corrected chi connectivity index (χ3v) is 5.15. The number of H-pyrrole nitrogens is 1. The molecule has 5 heteroatoms. The number of amides is 1. The number of hydrogen-bond acceptors (Lipinski definition) is 3. The average Bonchev–Trinajstić information content (AvgIpc) is 2.88. The van der Waals surface area contributed by atoms with Crippen molar-refractivity contribution in [2.45, 2.75) is 25.1 Å². The molecular formula is C14H17N3OS. The van der Waals surface area contributed by atoms with Crippen LogP contribution in [-0.2, 0) is 0 Å². The number of thioether (sulfide) groups is 1. The van der Waals surface area contributed by atoms with Gasteiger partial charge < -0.3 is 9.88 Å². The largest absolute Gasteiger partial charge is 0.345 e. The van der Waals surface area contributed by atoms with Gasteiger partial charge in [-0.2, -0.15) is 11.8 Å². The first-order chi connectivity index (χ1) is 9.16. The number of fused-ring (bicyclic) bond motifs is 1. The van der Waals surface area contributed by atoms with Crippen LogP contribution >= 0.6 is 11.8 Å². The summed E-state index contributed by atoms with van der Waals surface area (Å²) in [5.74, 6) is 1.14. The first kappa shape index (κ1) is 12.5. The Hall–Kier alpha value is -1.49. The summed E-state index contributed by atoms with van der Waals surface area (Å²) in [5, 5.41) is 0.494. The van der Waals surface area contributed by atoms with Crippen LogP contribution in [0.25, 0.3) is 11.0 Å². The zero-order valence-electron chi connectivity index (χ0n) is 11.1. The van der Waals surface area contributed by atoms with Crippen LogP contribution in [0.1, 0.15) is 24.2 Å². The molecule has 2 unspecified atom stereocenters. The highest BCUT2D eigenvalue weighted by Crippen LogP contribution is 2.26. The van der Waals surface area contributed by atoms with Gasteiger partial charge >= 0.3 is 0 Å². The molecule has 1 saturated heterocycles. The zero-order valence-corrected chi connectivity index (χ0v) is 11.9. The second-order valence-electron chi connectivity index (χ2n) is 4.95. The summed E-state index contributed by atoms with van der Waals surface area (Å²) >= 11 is 1.94. The van der Waals surface area contributed by atoms with E-state index in [0.717, 1.165) is 28.9 Å². The molecule has 1 N–H and O–H groups in total. The molecule has 0 saturated carbocycles. The molecule has 1 aliphatic rings. The first-order valence-corrected chi connectivity index (χ1v) is 7.57. The average molecular weight is 275 g/mol. The fraction of sp³-hybridized carbons (Fsp3) is 0.429. The normalized spacial score (nSPS) is 23.8. The van der Waals surface area contributed by atoms with Crippen molar-refractivity contribution in [2.24, 2.45) is 0 Å². The maximum absolute atomic E-state index is 12.6. The van der Waals surface area contributed by atoms with Gasteiger partial charge in [0.2, 0.25) is 0 Å². The molecule has 100 valence electrons. The van der Waals surface area contributed by atoms with Crippen LogP contribution in [0.2, 0.25) is 0 Å². The summed E-state index contributed by atoms with van der Waals surface area (Å²) in [7, 11) is 0. The Labute approximate surface area is 116 Å². The van der Waals surface area contributed by atoms with Crippen molar-refractivity contribution in [1.82, 2.24) is 14.9 Å². The molecule has 0 aliphatic carbocycles. The topological polar surface area (TPSA) is 49.0 Å². The minimum absolute atomic E-state index is 0.121. The first-order valence-electron chi connectivity index (χ1n) is 6.52. The molecule has 1 amide bonds. The van der Waals surface area contributed by atoms with E-state index in [1.807, 2.05) is 34.9 Å². The maximum Gasteiger partial charge on any atom is 0.254 e. The maximum atomic E-state index is 12.6. The molecule has 2 aromatic rings. The van der Waals surface area contributed by atoms with E-state index in [9.17, 15) is 4.79 Å². The van der Waals surface area contributed by atoms with Gasteiger partial charge in [-0.15, -0.1) is 0 Å². The number of carbonyl (C=O) groups excluding carboxylic acids is 1. The molecule has 2 atom stereocenters. The van der Waals surface area contributed by atoms with Gasteiger partial charge in [0.1, 0.15) is 0 Å². The van der Waals surface area contributed by atoms with Gasteiger partial charge in [-0.1, -0.05) is 6.92 Å².